The molecule has 1 aliphatic heterocycles. The first-order chi connectivity index (χ1) is 14.5. The number of nitrogens with one attached hydrogen (secondary N) is 1. The number of carbonyl (C=O) groups excluding carboxylic acids is 1. The third-order valence-electron chi connectivity index (χ3n) is 5.60. The number of anilines is 1. The molecule has 6 heteroatoms. The predicted octanol–water partition coefficient (Wildman–Crippen LogP) is 4.34. The molecule has 0 saturated heterocycles. The number of fused-ring (bicyclic) bond motifs is 1. The number of hydrogen-bond acceptors (Lipinski definition) is 3. The highest BCUT2D eigenvalue weighted by Crippen LogP contribution is 2.24. The van der Waals surface area contributed by atoms with Crippen molar-refractivity contribution in [3.63, 3.8) is 0 Å². The molecular formula is C24H28N4O2. The highest BCUT2D eigenvalue weighted by molar-refractivity contribution is 5.90. The molecule has 0 radical (unpaired) electrons. The summed E-state index contributed by atoms with van der Waals surface area (Å²) in [5.41, 5.74) is 7.38. The topological polar surface area (TPSA) is 59.4 Å². The van der Waals surface area contributed by atoms with E-state index in [1.54, 1.807) is 0 Å². The number of benzene rings is 2. The molecule has 0 unspecified atom stereocenters. The second-order valence-electron chi connectivity index (χ2n) is 7.89. The minimum atomic E-state index is -0.0747. The van der Waals surface area contributed by atoms with E-state index in [9.17, 15) is 4.79 Å². The number of amides is 2. The maximum Gasteiger partial charge on any atom is 0.322 e. The largest absolute Gasteiger partial charge is 0.370 e. The van der Waals surface area contributed by atoms with Crippen molar-refractivity contribution in [3.8, 4) is 0 Å². The number of aromatic nitrogens is 2. The smallest absolute Gasteiger partial charge is 0.322 e. The normalized spacial score (nSPS) is 13.2. The molecule has 3 aromatic rings. The summed E-state index contributed by atoms with van der Waals surface area (Å²) < 4.78 is 7.84. The summed E-state index contributed by atoms with van der Waals surface area (Å²) in [6.45, 7) is 6.23. The molecule has 1 aliphatic rings. The van der Waals surface area contributed by atoms with Gasteiger partial charge in [0.25, 0.3) is 0 Å². The Morgan fingerprint density at radius 3 is 2.73 bits per heavy atom. The lowest BCUT2D eigenvalue weighted by Crippen LogP contribution is -2.39. The molecule has 6 nitrogen and oxygen atoms in total. The Morgan fingerprint density at radius 1 is 1.13 bits per heavy atom. The van der Waals surface area contributed by atoms with Crippen LogP contribution in [0.2, 0.25) is 0 Å². The Morgan fingerprint density at radius 2 is 1.93 bits per heavy atom. The molecule has 30 heavy (non-hydrogen) atoms. The van der Waals surface area contributed by atoms with Crippen molar-refractivity contribution >= 4 is 11.7 Å². The number of hydrogen-bond donors (Lipinski definition) is 1. The Hall–Kier alpha value is -3.12. The van der Waals surface area contributed by atoms with E-state index in [-0.39, 0.29) is 6.03 Å². The van der Waals surface area contributed by atoms with E-state index in [1.165, 1.54) is 5.69 Å². The Bertz CT molecular complexity index is 1040. The maximum atomic E-state index is 12.9. The molecule has 2 aromatic carbocycles. The van der Waals surface area contributed by atoms with Crippen LogP contribution in [0.1, 0.15) is 33.6 Å². The Balaban J connectivity index is 1.43. The summed E-state index contributed by atoms with van der Waals surface area (Å²) in [5, 5.41) is 7.73. The van der Waals surface area contributed by atoms with E-state index in [2.05, 4.69) is 16.5 Å². The zero-order valence-corrected chi connectivity index (χ0v) is 17.8. The number of carbonyl (C=O) groups is 1. The van der Waals surface area contributed by atoms with Gasteiger partial charge < -0.3 is 15.0 Å². The molecule has 2 heterocycles. The average molecular weight is 405 g/mol. The van der Waals surface area contributed by atoms with E-state index in [4.69, 9.17) is 4.74 Å². The summed E-state index contributed by atoms with van der Waals surface area (Å²) in [7, 11) is 1.96. The third kappa shape index (κ3) is 4.39. The van der Waals surface area contributed by atoms with Crippen molar-refractivity contribution in [3.05, 3.63) is 82.2 Å². The summed E-state index contributed by atoms with van der Waals surface area (Å²) in [4.78, 5) is 14.8. The average Bonchev–Trinajstić information content (AvgIpc) is 3.06. The van der Waals surface area contributed by atoms with Gasteiger partial charge in [-0.2, -0.15) is 5.10 Å². The molecule has 2 amide bonds. The number of nitrogens with zero attached hydrogens (tertiary/aromatic N) is 3. The maximum absolute atomic E-state index is 12.9. The van der Waals surface area contributed by atoms with Crippen molar-refractivity contribution < 1.29 is 9.53 Å². The highest BCUT2D eigenvalue weighted by Gasteiger charge is 2.27. The van der Waals surface area contributed by atoms with Gasteiger partial charge in [-0.05, 0) is 36.6 Å². The summed E-state index contributed by atoms with van der Waals surface area (Å²) >= 11 is 0. The second-order valence-corrected chi connectivity index (χ2v) is 7.89. The summed E-state index contributed by atoms with van der Waals surface area (Å²) in [5.74, 6) is 0. The van der Waals surface area contributed by atoms with Crippen LogP contribution in [0.4, 0.5) is 10.5 Å². The standard InChI is InChI=1S/C24H28N4O2/c1-17-9-10-18(2)21(13-17)25-24(29)28-12-11-23-20(14-28)22(26-27(23)3)16-30-15-19-7-5-4-6-8-19/h4-10,13H,11-12,14-16H2,1-3H3,(H,25,29). The van der Waals surface area contributed by atoms with Crippen molar-refractivity contribution in [2.24, 2.45) is 7.05 Å². The number of rotatable bonds is 5. The van der Waals surface area contributed by atoms with Crippen LogP contribution in [0.5, 0.6) is 0 Å². The molecule has 0 aliphatic carbocycles. The van der Waals surface area contributed by atoms with Gasteiger partial charge in [-0.25, -0.2) is 4.79 Å². The van der Waals surface area contributed by atoms with E-state index < -0.39 is 0 Å². The van der Waals surface area contributed by atoms with Crippen LogP contribution in [0, 0.1) is 13.8 Å². The first-order valence-electron chi connectivity index (χ1n) is 10.3. The molecule has 1 N–H and O–H groups in total. The fourth-order valence-electron chi connectivity index (χ4n) is 3.86. The van der Waals surface area contributed by atoms with Crippen molar-refractivity contribution in [2.75, 3.05) is 11.9 Å². The first-order valence-corrected chi connectivity index (χ1v) is 10.3. The van der Waals surface area contributed by atoms with Gasteiger partial charge in [-0.15, -0.1) is 0 Å². The Kier molecular flexibility index (Phi) is 5.86. The molecule has 1 aromatic heterocycles. The van der Waals surface area contributed by atoms with Crippen LogP contribution in [-0.2, 0) is 38.0 Å². The van der Waals surface area contributed by atoms with Crippen LogP contribution in [0.25, 0.3) is 0 Å². The van der Waals surface area contributed by atoms with Crippen LogP contribution >= 0.6 is 0 Å². The number of ether oxygens (including phenoxy) is 1. The quantitative estimate of drug-likeness (QED) is 0.688. The monoisotopic (exact) mass is 404 g/mol. The lowest BCUT2D eigenvalue weighted by atomic mass is 10.1. The van der Waals surface area contributed by atoms with Crippen LogP contribution < -0.4 is 5.32 Å². The summed E-state index contributed by atoms with van der Waals surface area (Å²) in [6, 6.07) is 16.1. The van der Waals surface area contributed by atoms with Gasteiger partial charge in [-0.3, -0.25) is 4.68 Å². The second kappa shape index (κ2) is 8.71. The fourth-order valence-corrected chi connectivity index (χ4v) is 3.86. The lowest BCUT2D eigenvalue weighted by molar-refractivity contribution is 0.103. The molecule has 0 fully saturated rings. The van der Waals surface area contributed by atoms with Crippen LogP contribution in [0.3, 0.4) is 0 Å². The van der Waals surface area contributed by atoms with Crippen molar-refractivity contribution in [2.45, 2.75) is 40.0 Å². The van der Waals surface area contributed by atoms with Gasteiger partial charge in [0.15, 0.2) is 0 Å². The van der Waals surface area contributed by atoms with Gasteiger partial charge in [0.1, 0.15) is 0 Å². The van der Waals surface area contributed by atoms with Gasteiger partial charge in [-0.1, -0.05) is 42.5 Å². The summed E-state index contributed by atoms with van der Waals surface area (Å²) in [6.07, 6.45) is 0.789. The highest BCUT2D eigenvalue weighted by atomic mass is 16.5. The Labute approximate surface area is 177 Å². The van der Waals surface area contributed by atoms with E-state index in [1.807, 2.05) is 72.9 Å². The minimum Gasteiger partial charge on any atom is -0.370 e. The van der Waals surface area contributed by atoms with Gasteiger partial charge in [0.05, 0.1) is 25.5 Å². The molecule has 0 atom stereocenters. The van der Waals surface area contributed by atoms with E-state index in [0.717, 1.165) is 40.1 Å². The predicted molar refractivity (Wildman–Crippen MR) is 117 cm³/mol. The van der Waals surface area contributed by atoms with E-state index >= 15 is 0 Å². The SMILES string of the molecule is Cc1ccc(C)c(NC(=O)N2CCc3c(c(COCc4ccccc4)nn3C)C2)c1. The van der Waals surface area contributed by atoms with Crippen molar-refractivity contribution in [1.29, 1.82) is 0 Å². The third-order valence-corrected chi connectivity index (χ3v) is 5.60. The van der Waals surface area contributed by atoms with E-state index in [0.29, 0.717) is 26.3 Å². The van der Waals surface area contributed by atoms with Gasteiger partial charge >= 0.3 is 6.03 Å². The zero-order valence-electron chi connectivity index (χ0n) is 17.8. The van der Waals surface area contributed by atoms with Gasteiger partial charge in [0, 0.05) is 37.0 Å². The van der Waals surface area contributed by atoms with Gasteiger partial charge in [0.2, 0.25) is 0 Å². The van der Waals surface area contributed by atoms with Crippen LogP contribution in [-0.4, -0.2) is 27.3 Å². The lowest BCUT2D eigenvalue weighted by Gasteiger charge is -2.28. The molecule has 0 spiro atoms. The first kappa shape index (κ1) is 20.2. The molecule has 156 valence electrons. The minimum absolute atomic E-state index is 0.0747. The number of aryl methyl sites for hydroxylation is 3. The molecule has 0 saturated carbocycles. The zero-order chi connectivity index (χ0) is 21.1. The van der Waals surface area contributed by atoms with Crippen LogP contribution in [0.15, 0.2) is 48.5 Å². The number of urea groups is 1. The van der Waals surface area contributed by atoms with Crippen molar-refractivity contribution in [1.82, 2.24) is 14.7 Å². The molecular weight excluding hydrogens is 376 g/mol. The molecule has 4 rings (SSSR count). The molecule has 0 bridgehead atoms. The fraction of sp³-hybridized carbons (Fsp3) is 0.333.